The van der Waals surface area contributed by atoms with Crippen molar-refractivity contribution in [3.8, 4) is 0 Å². The number of nitrogens with one attached hydrogen (secondary N) is 1. The van der Waals surface area contributed by atoms with Gasteiger partial charge >= 0.3 is 0 Å². The Bertz CT molecular complexity index is 999. The lowest BCUT2D eigenvalue weighted by atomic mass is 9.66. The van der Waals surface area contributed by atoms with Crippen LogP contribution in [0.3, 0.4) is 0 Å². The first-order valence-electron chi connectivity index (χ1n) is 10.2. The lowest BCUT2D eigenvalue weighted by Gasteiger charge is -2.52. The summed E-state index contributed by atoms with van der Waals surface area (Å²) >= 11 is 0. The first-order chi connectivity index (χ1) is 13.7. The molecule has 1 aromatic heterocycles. The van der Waals surface area contributed by atoms with E-state index in [1.54, 1.807) is 6.20 Å². The van der Waals surface area contributed by atoms with Crippen LogP contribution in [0, 0.1) is 5.92 Å². The topological polar surface area (TPSA) is 69.2 Å². The van der Waals surface area contributed by atoms with Gasteiger partial charge < -0.3 is 10.0 Å². The van der Waals surface area contributed by atoms with Crippen LogP contribution in [0.1, 0.15) is 48.0 Å². The van der Waals surface area contributed by atoms with Crippen molar-refractivity contribution < 1.29 is 9.90 Å². The number of rotatable bonds is 2. The maximum atomic E-state index is 13.5. The number of aromatic nitrogens is 2. The minimum absolute atomic E-state index is 0.0546. The summed E-state index contributed by atoms with van der Waals surface area (Å²) in [5, 5.41) is 19.6. The Labute approximate surface area is 164 Å². The van der Waals surface area contributed by atoms with Crippen molar-refractivity contribution in [3.63, 3.8) is 0 Å². The summed E-state index contributed by atoms with van der Waals surface area (Å²) in [5.41, 5.74) is 1.70. The van der Waals surface area contributed by atoms with Crippen LogP contribution in [0.25, 0.3) is 10.9 Å². The summed E-state index contributed by atoms with van der Waals surface area (Å²) in [7, 11) is 0. The smallest absolute Gasteiger partial charge is 0.254 e. The first-order valence-corrected chi connectivity index (χ1v) is 10.2. The summed E-state index contributed by atoms with van der Waals surface area (Å²) < 4.78 is 0. The van der Waals surface area contributed by atoms with Crippen molar-refractivity contribution in [1.82, 2.24) is 15.1 Å². The molecular formula is C23H25N3O2. The fraction of sp³-hybridized carbons (Fsp3) is 0.391. The standard InChI is InChI=1S/C23H25N3O2/c27-22(17-9-6-11-20-18(17)15-24-25-20)26-14-13-23(28,16-7-2-1-3-8-16)19-10-4-5-12-21(19)26/h1-3,6-9,11,15,19,21,28H,4-5,10,12-14H2,(H,24,25)/t19-,21+,23?/m0/s1. The SMILES string of the molecule is O=C(c1cccc2[nH]ncc12)N1CCC(O)(c2ccccc2)[C@H]2CCCC[C@H]21. The van der Waals surface area contributed by atoms with Gasteiger partial charge in [0.15, 0.2) is 0 Å². The molecule has 5 nitrogen and oxygen atoms in total. The Morgan fingerprint density at radius 3 is 2.79 bits per heavy atom. The Morgan fingerprint density at radius 1 is 1.11 bits per heavy atom. The first kappa shape index (κ1) is 17.4. The van der Waals surface area contributed by atoms with E-state index in [1.807, 2.05) is 53.4 Å². The summed E-state index contributed by atoms with van der Waals surface area (Å²) in [6.45, 7) is 0.569. The normalized spacial score (nSPS) is 27.5. The number of piperidine rings is 1. The molecule has 2 fully saturated rings. The number of hydrogen-bond acceptors (Lipinski definition) is 3. The van der Waals surface area contributed by atoms with Gasteiger partial charge in [0.2, 0.25) is 0 Å². The highest BCUT2D eigenvalue weighted by molar-refractivity contribution is 6.06. The zero-order valence-corrected chi connectivity index (χ0v) is 15.8. The molecule has 0 radical (unpaired) electrons. The number of likely N-dealkylation sites (tertiary alicyclic amines) is 1. The monoisotopic (exact) mass is 375 g/mol. The highest BCUT2D eigenvalue weighted by atomic mass is 16.3. The predicted molar refractivity (Wildman–Crippen MR) is 108 cm³/mol. The Hall–Kier alpha value is -2.66. The number of amides is 1. The van der Waals surface area contributed by atoms with Gasteiger partial charge in [-0.1, -0.05) is 49.2 Å². The third-order valence-electron chi connectivity index (χ3n) is 6.73. The van der Waals surface area contributed by atoms with Crippen molar-refractivity contribution in [3.05, 3.63) is 65.9 Å². The summed E-state index contributed by atoms with van der Waals surface area (Å²) in [6, 6.07) is 15.8. The van der Waals surface area contributed by atoms with E-state index in [0.717, 1.165) is 42.1 Å². The van der Waals surface area contributed by atoms with Crippen molar-refractivity contribution in [2.75, 3.05) is 6.54 Å². The van der Waals surface area contributed by atoms with Crippen molar-refractivity contribution in [2.24, 2.45) is 5.92 Å². The molecule has 144 valence electrons. The number of aromatic amines is 1. The summed E-state index contributed by atoms with van der Waals surface area (Å²) in [6.07, 6.45) is 6.42. The quantitative estimate of drug-likeness (QED) is 0.715. The molecule has 3 aromatic rings. The van der Waals surface area contributed by atoms with E-state index in [0.29, 0.717) is 18.5 Å². The van der Waals surface area contributed by atoms with Crippen LogP contribution in [0.15, 0.2) is 54.7 Å². The molecule has 2 heterocycles. The van der Waals surface area contributed by atoms with Gasteiger partial charge in [0.25, 0.3) is 5.91 Å². The minimum atomic E-state index is -0.856. The highest BCUT2D eigenvalue weighted by Gasteiger charge is 2.50. The van der Waals surface area contributed by atoms with Crippen LogP contribution in [0.4, 0.5) is 0 Å². The van der Waals surface area contributed by atoms with E-state index in [1.165, 1.54) is 0 Å². The Morgan fingerprint density at radius 2 is 1.93 bits per heavy atom. The average molecular weight is 375 g/mol. The van der Waals surface area contributed by atoms with Crippen molar-refractivity contribution in [2.45, 2.75) is 43.7 Å². The largest absolute Gasteiger partial charge is 0.385 e. The maximum Gasteiger partial charge on any atom is 0.254 e. The van der Waals surface area contributed by atoms with Gasteiger partial charge in [0.1, 0.15) is 0 Å². The van der Waals surface area contributed by atoms with Gasteiger partial charge in [-0.3, -0.25) is 9.89 Å². The zero-order valence-electron chi connectivity index (χ0n) is 15.8. The number of H-pyrrole nitrogens is 1. The molecule has 1 aliphatic carbocycles. The van der Waals surface area contributed by atoms with Crippen LogP contribution in [0.5, 0.6) is 0 Å². The maximum absolute atomic E-state index is 13.5. The van der Waals surface area contributed by atoms with E-state index in [2.05, 4.69) is 10.2 Å². The number of carbonyl (C=O) groups is 1. The van der Waals surface area contributed by atoms with E-state index < -0.39 is 5.60 Å². The molecule has 1 saturated carbocycles. The van der Waals surface area contributed by atoms with E-state index in [9.17, 15) is 9.90 Å². The molecule has 3 atom stereocenters. The van der Waals surface area contributed by atoms with Crippen molar-refractivity contribution >= 4 is 16.8 Å². The Balaban J connectivity index is 1.51. The van der Waals surface area contributed by atoms with E-state index in [-0.39, 0.29) is 17.9 Å². The lowest BCUT2D eigenvalue weighted by molar-refractivity contribution is -0.110. The molecule has 28 heavy (non-hydrogen) atoms. The van der Waals surface area contributed by atoms with E-state index >= 15 is 0 Å². The number of nitrogens with zero attached hydrogens (tertiary/aromatic N) is 2. The van der Waals surface area contributed by atoms with Gasteiger partial charge in [0.05, 0.1) is 22.9 Å². The molecule has 1 saturated heterocycles. The number of fused-ring (bicyclic) bond motifs is 2. The molecule has 1 aliphatic heterocycles. The molecule has 5 rings (SSSR count). The van der Waals surface area contributed by atoms with E-state index in [4.69, 9.17) is 0 Å². The van der Waals surface area contributed by atoms with Crippen LogP contribution in [-0.2, 0) is 5.60 Å². The molecule has 1 unspecified atom stereocenters. The fourth-order valence-electron chi connectivity index (χ4n) is 5.33. The molecule has 0 spiro atoms. The average Bonchev–Trinajstić information content (AvgIpc) is 3.23. The molecule has 2 N–H and O–H groups in total. The van der Waals surface area contributed by atoms with Gasteiger partial charge in [-0.15, -0.1) is 0 Å². The second-order valence-electron chi connectivity index (χ2n) is 8.13. The number of carbonyl (C=O) groups excluding carboxylic acids is 1. The molecule has 2 aliphatic rings. The molecule has 2 aromatic carbocycles. The third-order valence-corrected chi connectivity index (χ3v) is 6.73. The number of benzene rings is 2. The number of hydrogen-bond donors (Lipinski definition) is 2. The molecule has 5 heteroatoms. The fourth-order valence-corrected chi connectivity index (χ4v) is 5.33. The Kier molecular flexibility index (Phi) is 4.20. The second kappa shape index (κ2) is 6.74. The van der Waals surface area contributed by atoms with Crippen LogP contribution >= 0.6 is 0 Å². The van der Waals surface area contributed by atoms with Gasteiger partial charge in [-0.2, -0.15) is 5.10 Å². The number of aliphatic hydroxyl groups is 1. The highest BCUT2D eigenvalue weighted by Crippen LogP contribution is 2.47. The summed E-state index contributed by atoms with van der Waals surface area (Å²) in [4.78, 5) is 15.5. The van der Waals surface area contributed by atoms with Gasteiger partial charge in [-0.25, -0.2) is 0 Å². The van der Waals surface area contributed by atoms with Crippen LogP contribution in [-0.4, -0.2) is 38.7 Å². The van der Waals surface area contributed by atoms with Crippen LogP contribution < -0.4 is 0 Å². The van der Waals surface area contributed by atoms with Crippen LogP contribution in [0.2, 0.25) is 0 Å². The minimum Gasteiger partial charge on any atom is -0.385 e. The van der Waals surface area contributed by atoms with Crippen molar-refractivity contribution in [1.29, 1.82) is 0 Å². The molecular weight excluding hydrogens is 350 g/mol. The zero-order chi connectivity index (χ0) is 19.1. The molecule has 1 amide bonds. The predicted octanol–water partition coefficient (Wildman–Crippen LogP) is 3.86. The second-order valence-corrected chi connectivity index (χ2v) is 8.13. The summed E-state index contributed by atoms with van der Waals surface area (Å²) in [5.74, 6) is 0.129. The van der Waals surface area contributed by atoms with Gasteiger partial charge in [-0.05, 0) is 37.0 Å². The third kappa shape index (κ3) is 2.65. The molecule has 0 bridgehead atoms. The van der Waals surface area contributed by atoms with Gasteiger partial charge in [0, 0.05) is 23.9 Å². The lowest BCUT2D eigenvalue weighted by Crippen LogP contribution is -2.59.